The number of rotatable bonds is 5. The Morgan fingerprint density at radius 3 is 2.68 bits per heavy atom. The van der Waals surface area contributed by atoms with Crippen molar-refractivity contribution >= 4 is 17.1 Å². The van der Waals surface area contributed by atoms with Crippen LogP contribution in [-0.2, 0) is 25.4 Å². The van der Waals surface area contributed by atoms with Crippen LogP contribution in [0.3, 0.4) is 0 Å². The Bertz CT molecular complexity index is 1170. The molecule has 1 atom stereocenters. The Morgan fingerprint density at radius 2 is 2.00 bits per heavy atom. The number of ether oxygens (including phenoxy) is 1. The van der Waals surface area contributed by atoms with Gasteiger partial charge in [-0.25, -0.2) is 14.3 Å². The lowest BCUT2D eigenvalue weighted by molar-refractivity contribution is -0.122. The molecule has 1 unspecified atom stereocenters. The van der Waals surface area contributed by atoms with Gasteiger partial charge in [0.1, 0.15) is 12.3 Å². The number of aryl methyl sites for hydroxylation is 3. The van der Waals surface area contributed by atoms with Crippen LogP contribution in [0.2, 0.25) is 0 Å². The lowest BCUT2D eigenvalue weighted by atomic mass is 10.0. The lowest BCUT2D eigenvalue weighted by Gasteiger charge is -2.18. The number of hydrogen-bond acceptors (Lipinski definition) is 5. The summed E-state index contributed by atoms with van der Waals surface area (Å²) >= 11 is 0. The molecule has 28 heavy (non-hydrogen) atoms. The van der Waals surface area contributed by atoms with Crippen molar-refractivity contribution in [2.75, 3.05) is 7.11 Å². The molecule has 0 aliphatic rings. The van der Waals surface area contributed by atoms with Gasteiger partial charge in [-0.3, -0.25) is 14.2 Å². The summed E-state index contributed by atoms with van der Waals surface area (Å²) in [5.74, 6) is 0.208. The maximum Gasteiger partial charge on any atom is 0.332 e. The van der Waals surface area contributed by atoms with Crippen LogP contribution in [-0.4, -0.2) is 31.7 Å². The van der Waals surface area contributed by atoms with E-state index in [1.54, 1.807) is 14.2 Å². The number of fused-ring (bicyclic) bond motifs is 1. The third kappa shape index (κ3) is 3.30. The largest absolute Gasteiger partial charge is 0.496 e. The first-order valence-corrected chi connectivity index (χ1v) is 8.79. The number of amides is 1. The maximum absolute atomic E-state index is 12.7. The van der Waals surface area contributed by atoms with Crippen LogP contribution in [0.4, 0.5) is 0 Å². The fourth-order valence-electron chi connectivity index (χ4n) is 3.24. The number of hydrogen-bond donors (Lipinski definition) is 1. The number of carbonyl (C=O) groups excluding carboxylic acids is 1. The number of nitrogens with zero attached hydrogens (tertiary/aromatic N) is 4. The Morgan fingerprint density at radius 1 is 1.29 bits per heavy atom. The van der Waals surface area contributed by atoms with Crippen molar-refractivity contribution in [2.45, 2.75) is 26.4 Å². The number of carbonyl (C=O) groups is 1. The lowest BCUT2D eigenvalue weighted by Crippen LogP contribution is -2.43. The number of benzene rings is 1. The van der Waals surface area contributed by atoms with E-state index in [0.717, 1.165) is 15.7 Å². The van der Waals surface area contributed by atoms with E-state index in [4.69, 9.17) is 4.74 Å². The second kappa shape index (κ2) is 7.34. The van der Waals surface area contributed by atoms with Gasteiger partial charge in [0.2, 0.25) is 5.91 Å². The summed E-state index contributed by atoms with van der Waals surface area (Å²) in [5, 5.41) is 2.83. The van der Waals surface area contributed by atoms with Gasteiger partial charge in [0.15, 0.2) is 11.2 Å². The van der Waals surface area contributed by atoms with Crippen molar-refractivity contribution in [3.63, 3.8) is 0 Å². The van der Waals surface area contributed by atoms with Crippen LogP contribution in [0, 0.1) is 6.92 Å². The minimum atomic E-state index is -0.591. The zero-order chi connectivity index (χ0) is 20.6. The van der Waals surface area contributed by atoms with Gasteiger partial charge in [0.25, 0.3) is 5.56 Å². The smallest absolute Gasteiger partial charge is 0.332 e. The zero-order valence-electron chi connectivity index (χ0n) is 16.5. The molecule has 2 aromatic heterocycles. The van der Waals surface area contributed by atoms with E-state index in [1.807, 2.05) is 32.0 Å². The highest BCUT2D eigenvalue weighted by Gasteiger charge is 2.19. The Kier molecular flexibility index (Phi) is 5.08. The first kappa shape index (κ1) is 19.4. The molecule has 3 rings (SSSR count). The molecule has 0 aliphatic heterocycles. The first-order valence-electron chi connectivity index (χ1n) is 8.79. The molecular formula is C19H23N5O4. The molecule has 3 aromatic rings. The first-order chi connectivity index (χ1) is 13.2. The van der Waals surface area contributed by atoms with E-state index in [9.17, 15) is 14.4 Å². The Balaban J connectivity index is 1.90. The van der Waals surface area contributed by atoms with Crippen LogP contribution in [0.25, 0.3) is 11.2 Å². The van der Waals surface area contributed by atoms with E-state index in [0.29, 0.717) is 5.75 Å². The molecule has 0 saturated heterocycles. The van der Waals surface area contributed by atoms with Gasteiger partial charge in [0, 0.05) is 19.7 Å². The number of methoxy groups -OCH3 is 1. The normalized spacial score (nSPS) is 12.2. The van der Waals surface area contributed by atoms with Crippen LogP contribution in [0.15, 0.2) is 34.1 Å². The van der Waals surface area contributed by atoms with Gasteiger partial charge in [-0.2, -0.15) is 0 Å². The average Bonchev–Trinajstić information content (AvgIpc) is 3.05. The zero-order valence-corrected chi connectivity index (χ0v) is 16.5. The van der Waals surface area contributed by atoms with E-state index in [2.05, 4.69) is 10.3 Å². The van der Waals surface area contributed by atoms with E-state index in [-0.39, 0.29) is 23.8 Å². The molecule has 1 aromatic carbocycles. The molecule has 148 valence electrons. The summed E-state index contributed by atoms with van der Waals surface area (Å²) in [5.41, 5.74) is 1.26. The van der Waals surface area contributed by atoms with Gasteiger partial charge in [-0.1, -0.05) is 17.7 Å². The minimum Gasteiger partial charge on any atom is -0.496 e. The third-order valence-corrected chi connectivity index (χ3v) is 4.73. The average molecular weight is 385 g/mol. The maximum atomic E-state index is 12.7. The second-order valence-corrected chi connectivity index (χ2v) is 6.80. The summed E-state index contributed by atoms with van der Waals surface area (Å²) in [6.45, 7) is 3.38. The summed E-state index contributed by atoms with van der Waals surface area (Å²) < 4.78 is 9.07. The van der Waals surface area contributed by atoms with E-state index >= 15 is 0 Å². The van der Waals surface area contributed by atoms with Crippen LogP contribution in [0.1, 0.15) is 24.1 Å². The van der Waals surface area contributed by atoms with Gasteiger partial charge >= 0.3 is 5.69 Å². The highest BCUT2D eigenvalue weighted by atomic mass is 16.5. The highest BCUT2D eigenvalue weighted by molar-refractivity contribution is 5.77. The summed E-state index contributed by atoms with van der Waals surface area (Å²) in [6.07, 6.45) is 1.46. The molecule has 0 spiro atoms. The molecule has 0 bridgehead atoms. The molecule has 1 amide bonds. The fraction of sp³-hybridized carbons (Fsp3) is 0.368. The predicted octanol–water partition coefficient (Wildman–Crippen LogP) is 0.628. The molecule has 0 aliphatic carbocycles. The van der Waals surface area contributed by atoms with Gasteiger partial charge in [0.05, 0.1) is 19.5 Å². The molecule has 0 radical (unpaired) electrons. The standard InChI is InChI=1S/C19H23N5O4/c1-11-6-7-14(28-5)13(8-11)12(2)21-15(25)9-24-18(26)16-17(20-10-22(16)3)23(4)19(24)27/h6-8,10,12H,9H2,1-5H3,(H,21,25). The molecule has 2 heterocycles. The summed E-state index contributed by atoms with van der Waals surface area (Å²) in [7, 11) is 4.75. The van der Waals surface area contributed by atoms with E-state index < -0.39 is 17.2 Å². The van der Waals surface area contributed by atoms with Gasteiger partial charge in [-0.15, -0.1) is 0 Å². The predicted molar refractivity (Wildman–Crippen MR) is 105 cm³/mol. The Hall–Kier alpha value is -3.36. The molecular weight excluding hydrogens is 362 g/mol. The Labute approximate surface area is 161 Å². The SMILES string of the molecule is COc1ccc(C)cc1C(C)NC(=O)Cn1c(=O)c2c(ncn2C)n(C)c1=O. The van der Waals surface area contributed by atoms with Crippen molar-refractivity contribution in [1.82, 2.24) is 24.0 Å². The van der Waals surface area contributed by atoms with Crippen molar-refractivity contribution < 1.29 is 9.53 Å². The van der Waals surface area contributed by atoms with E-state index in [1.165, 1.54) is 22.5 Å². The number of aromatic nitrogens is 4. The fourth-order valence-corrected chi connectivity index (χ4v) is 3.24. The molecule has 9 nitrogen and oxygen atoms in total. The van der Waals surface area contributed by atoms with Crippen molar-refractivity contribution in [1.29, 1.82) is 0 Å². The quantitative estimate of drug-likeness (QED) is 0.694. The topological polar surface area (TPSA) is 100 Å². The van der Waals surface area contributed by atoms with Gasteiger partial charge < -0.3 is 14.6 Å². The highest BCUT2D eigenvalue weighted by Crippen LogP contribution is 2.25. The van der Waals surface area contributed by atoms with Crippen LogP contribution < -0.4 is 21.3 Å². The summed E-state index contributed by atoms with van der Waals surface area (Å²) in [6, 6.07) is 5.33. The molecule has 0 fully saturated rings. The number of imidazole rings is 1. The molecule has 0 saturated carbocycles. The van der Waals surface area contributed by atoms with Crippen molar-refractivity contribution in [2.24, 2.45) is 14.1 Å². The van der Waals surface area contributed by atoms with Crippen molar-refractivity contribution in [3.8, 4) is 5.75 Å². The summed E-state index contributed by atoms with van der Waals surface area (Å²) in [4.78, 5) is 41.9. The van der Waals surface area contributed by atoms with Crippen molar-refractivity contribution in [3.05, 3.63) is 56.5 Å². The van der Waals surface area contributed by atoms with Crippen LogP contribution >= 0.6 is 0 Å². The van der Waals surface area contributed by atoms with Crippen LogP contribution in [0.5, 0.6) is 5.75 Å². The third-order valence-electron chi connectivity index (χ3n) is 4.73. The minimum absolute atomic E-state index is 0.267. The monoisotopic (exact) mass is 385 g/mol. The van der Waals surface area contributed by atoms with Gasteiger partial charge in [-0.05, 0) is 19.9 Å². The number of nitrogens with one attached hydrogen (secondary N) is 1. The molecule has 1 N–H and O–H groups in total. The second-order valence-electron chi connectivity index (χ2n) is 6.80. The molecule has 9 heteroatoms.